The van der Waals surface area contributed by atoms with E-state index in [-0.39, 0.29) is 24.5 Å². The average molecular weight is 267 g/mol. The Morgan fingerprint density at radius 3 is 2.95 bits per heavy atom. The summed E-state index contributed by atoms with van der Waals surface area (Å²) >= 11 is 0. The molecule has 0 aliphatic carbocycles. The number of aromatic nitrogens is 1. The highest BCUT2D eigenvalue weighted by molar-refractivity contribution is 5.51. The number of nitrogens with zero attached hydrogens (tertiary/aromatic N) is 3. The molecule has 2 heterocycles. The van der Waals surface area contributed by atoms with Crippen LogP contribution in [0.5, 0.6) is 0 Å². The van der Waals surface area contributed by atoms with Crippen molar-refractivity contribution < 1.29 is 14.8 Å². The normalized spacial score (nSPS) is 23.4. The first-order valence-corrected chi connectivity index (χ1v) is 6.13. The second-order valence-electron chi connectivity index (χ2n) is 4.75. The lowest BCUT2D eigenvalue weighted by Gasteiger charge is -2.37. The minimum Gasteiger partial charge on any atom is -0.394 e. The molecule has 7 heteroatoms. The van der Waals surface area contributed by atoms with Crippen molar-refractivity contribution in [2.45, 2.75) is 26.1 Å². The van der Waals surface area contributed by atoms with Crippen molar-refractivity contribution in [3.8, 4) is 0 Å². The van der Waals surface area contributed by atoms with Crippen LogP contribution in [0.1, 0.15) is 12.5 Å². The lowest BCUT2D eigenvalue weighted by Crippen LogP contribution is -2.48. The summed E-state index contributed by atoms with van der Waals surface area (Å²) in [5.74, 6) is 0.708. The molecule has 1 aliphatic rings. The summed E-state index contributed by atoms with van der Waals surface area (Å²) in [5.41, 5.74) is 0.737. The Labute approximate surface area is 111 Å². The number of aliphatic hydroxyl groups excluding tert-OH is 1. The Hall–Kier alpha value is -1.73. The monoisotopic (exact) mass is 267 g/mol. The third-order valence-corrected chi connectivity index (χ3v) is 3.08. The van der Waals surface area contributed by atoms with Crippen LogP contribution in [-0.4, -0.2) is 46.9 Å². The van der Waals surface area contributed by atoms with Gasteiger partial charge < -0.3 is 14.7 Å². The van der Waals surface area contributed by atoms with Crippen LogP contribution in [0.15, 0.2) is 12.3 Å². The Morgan fingerprint density at radius 1 is 1.63 bits per heavy atom. The summed E-state index contributed by atoms with van der Waals surface area (Å²) in [4.78, 5) is 16.4. The van der Waals surface area contributed by atoms with Gasteiger partial charge in [0.05, 0.1) is 23.7 Å². The van der Waals surface area contributed by atoms with Gasteiger partial charge in [0.2, 0.25) is 0 Å². The van der Waals surface area contributed by atoms with Gasteiger partial charge in [0.15, 0.2) is 0 Å². The van der Waals surface area contributed by atoms with Gasteiger partial charge in [-0.1, -0.05) is 0 Å². The Kier molecular flexibility index (Phi) is 3.96. The smallest absolute Gasteiger partial charge is 0.287 e. The molecule has 1 aliphatic heterocycles. The minimum absolute atomic E-state index is 0.0118. The van der Waals surface area contributed by atoms with E-state index in [1.807, 2.05) is 11.8 Å². The lowest BCUT2D eigenvalue weighted by atomic mass is 10.2. The van der Waals surface area contributed by atoms with Gasteiger partial charge in [0, 0.05) is 19.2 Å². The fraction of sp³-hybridized carbons (Fsp3) is 0.583. The number of pyridine rings is 1. The van der Waals surface area contributed by atoms with Crippen molar-refractivity contribution in [1.82, 2.24) is 4.98 Å². The molecule has 1 N–H and O–H groups in total. The fourth-order valence-electron chi connectivity index (χ4n) is 2.30. The predicted octanol–water partition coefficient (Wildman–Crippen LogP) is 0.884. The SMILES string of the molecule is Cc1cc([N+](=O)[O-])cnc1N1CC(C)OC(CO)C1. The molecule has 0 bridgehead atoms. The van der Waals surface area contributed by atoms with Gasteiger partial charge in [-0.15, -0.1) is 0 Å². The molecule has 0 aromatic carbocycles. The molecule has 1 aromatic heterocycles. The quantitative estimate of drug-likeness (QED) is 0.646. The summed E-state index contributed by atoms with van der Waals surface area (Å²) in [6, 6.07) is 1.51. The van der Waals surface area contributed by atoms with E-state index < -0.39 is 4.92 Å². The van der Waals surface area contributed by atoms with Crippen molar-refractivity contribution in [3.05, 3.63) is 27.9 Å². The maximum atomic E-state index is 10.7. The first-order valence-electron chi connectivity index (χ1n) is 6.13. The third kappa shape index (κ3) is 2.99. The van der Waals surface area contributed by atoms with Crippen molar-refractivity contribution in [3.63, 3.8) is 0 Å². The number of hydrogen-bond donors (Lipinski definition) is 1. The van der Waals surface area contributed by atoms with Crippen molar-refractivity contribution in [2.75, 3.05) is 24.6 Å². The molecule has 0 saturated carbocycles. The lowest BCUT2D eigenvalue weighted by molar-refractivity contribution is -0.385. The van der Waals surface area contributed by atoms with Gasteiger partial charge in [0.25, 0.3) is 5.69 Å². The topological polar surface area (TPSA) is 88.7 Å². The van der Waals surface area contributed by atoms with Gasteiger partial charge in [-0.2, -0.15) is 0 Å². The van der Waals surface area contributed by atoms with Crippen LogP contribution in [0.3, 0.4) is 0 Å². The molecule has 2 rings (SSSR count). The molecule has 0 amide bonds. The Morgan fingerprint density at radius 2 is 2.37 bits per heavy atom. The number of ether oxygens (including phenoxy) is 1. The highest BCUT2D eigenvalue weighted by Crippen LogP contribution is 2.24. The first kappa shape index (κ1) is 13.7. The summed E-state index contributed by atoms with van der Waals surface area (Å²) in [7, 11) is 0. The van der Waals surface area contributed by atoms with E-state index in [1.54, 1.807) is 6.92 Å². The van der Waals surface area contributed by atoms with Crippen LogP contribution in [0.25, 0.3) is 0 Å². The van der Waals surface area contributed by atoms with Crippen LogP contribution >= 0.6 is 0 Å². The van der Waals surface area contributed by atoms with Gasteiger partial charge in [-0.25, -0.2) is 4.98 Å². The third-order valence-electron chi connectivity index (χ3n) is 3.08. The largest absolute Gasteiger partial charge is 0.394 e. The zero-order valence-corrected chi connectivity index (χ0v) is 10.9. The van der Waals surface area contributed by atoms with E-state index in [0.29, 0.717) is 18.9 Å². The van der Waals surface area contributed by atoms with Crippen LogP contribution < -0.4 is 4.90 Å². The summed E-state index contributed by atoms with van der Waals surface area (Å²) in [5, 5.41) is 19.9. The number of nitro groups is 1. The number of anilines is 1. The van der Waals surface area contributed by atoms with Gasteiger partial charge >= 0.3 is 0 Å². The highest BCUT2D eigenvalue weighted by atomic mass is 16.6. The fourth-order valence-corrected chi connectivity index (χ4v) is 2.30. The molecule has 1 saturated heterocycles. The van der Waals surface area contributed by atoms with E-state index in [1.165, 1.54) is 12.3 Å². The molecule has 2 atom stereocenters. The molecule has 1 fully saturated rings. The van der Waals surface area contributed by atoms with Crippen LogP contribution in [-0.2, 0) is 4.74 Å². The van der Waals surface area contributed by atoms with Crippen molar-refractivity contribution in [2.24, 2.45) is 0 Å². The van der Waals surface area contributed by atoms with E-state index >= 15 is 0 Å². The summed E-state index contributed by atoms with van der Waals surface area (Å²) in [6.45, 7) is 4.86. The van der Waals surface area contributed by atoms with E-state index in [4.69, 9.17) is 4.74 Å². The van der Waals surface area contributed by atoms with Gasteiger partial charge in [-0.05, 0) is 19.4 Å². The molecule has 2 unspecified atom stereocenters. The number of hydrogen-bond acceptors (Lipinski definition) is 6. The molecule has 104 valence electrons. The molecule has 1 aromatic rings. The molecule has 7 nitrogen and oxygen atoms in total. The number of rotatable bonds is 3. The van der Waals surface area contributed by atoms with Gasteiger partial charge in [-0.3, -0.25) is 10.1 Å². The van der Waals surface area contributed by atoms with Crippen molar-refractivity contribution >= 4 is 11.5 Å². The van der Waals surface area contributed by atoms with Gasteiger partial charge in [0.1, 0.15) is 12.0 Å². The zero-order chi connectivity index (χ0) is 14.0. The molecular weight excluding hydrogens is 250 g/mol. The van der Waals surface area contributed by atoms with E-state index in [9.17, 15) is 15.2 Å². The molecule has 0 spiro atoms. The maximum absolute atomic E-state index is 10.7. The van der Waals surface area contributed by atoms with E-state index in [2.05, 4.69) is 4.98 Å². The Bertz CT molecular complexity index is 480. The number of aryl methyl sites for hydroxylation is 1. The second-order valence-corrected chi connectivity index (χ2v) is 4.75. The van der Waals surface area contributed by atoms with Crippen molar-refractivity contribution in [1.29, 1.82) is 0 Å². The first-order chi connectivity index (χ1) is 9.01. The molecule has 0 radical (unpaired) electrons. The zero-order valence-electron chi connectivity index (χ0n) is 10.9. The van der Waals surface area contributed by atoms with E-state index in [0.717, 1.165) is 5.56 Å². The van der Waals surface area contributed by atoms with Crippen LogP contribution in [0.2, 0.25) is 0 Å². The van der Waals surface area contributed by atoms with Crippen LogP contribution in [0, 0.1) is 17.0 Å². The number of morpholine rings is 1. The molecule has 19 heavy (non-hydrogen) atoms. The Balaban J connectivity index is 2.23. The number of aliphatic hydroxyl groups is 1. The standard InChI is InChI=1S/C12H17N3O4/c1-8-3-10(15(17)18)4-13-12(8)14-5-9(2)19-11(6-14)7-16/h3-4,9,11,16H,5-7H2,1-2H3. The maximum Gasteiger partial charge on any atom is 0.287 e. The predicted molar refractivity (Wildman–Crippen MR) is 69.3 cm³/mol. The van der Waals surface area contributed by atoms with Crippen LogP contribution in [0.4, 0.5) is 11.5 Å². The summed E-state index contributed by atoms with van der Waals surface area (Å²) < 4.78 is 5.56. The minimum atomic E-state index is -0.456. The average Bonchev–Trinajstić information content (AvgIpc) is 2.37. The second kappa shape index (κ2) is 5.50. The summed E-state index contributed by atoms with van der Waals surface area (Å²) in [6.07, 6.45) is 0.999. The molecular formula is C12H17N3O4. The highest BCUT2D eigenvalue weighted by Gasteiger charge is 2.27.